The number of halogens is 1. The highest BCUT2D eigenvalue weighted by molar-refractivity contribution is 9.10. The molecule has 0 bridgehead atoms. The van der Waals surface area contributed by atoms with Crippen LogP contribution in [0.5, 0.6) is 17.2 Å². The minimum atomic E-state index is 0.116. The number of hydrogen-bond acceptors (Lipinski definition) is 9. The van der Waals surface area contributed by atoms with Crippen LogP contribution in [-0.2, 0) is 6.54 Å². The molecule has 0 unspecified atom stereocenters. The molecule has 0 aliphatic heterocycles. The number of aromatic nitrogens is 6. The van der Waals surface area contributed by atoms with Crippen molar-refractivity contribution in [3.05, 3.63) is 16.5 Å². The molecule has 2 N–H and O–H groups in total. The summed E-state index contributed by atoms with van der Waals surface area (Å²) in [5.41, 5.74) is 7.25. The zero-order chi connectivity index (χ0) is 17.3. The van der Waals surface area contributed by atoms with Crippen LogP contribution in [0.2, 0.25) is 0 Å². The molecule has 3 rings (SSSR count). The standard InChI is InChI=1S/C13H14BrN7O3/c1-22-7-4-16-6(9(23-2)10(7)24-3)5-21-12-8(19-20-21)11(14)17-13(15)18-12/h4H,5H2,1-3H3,(H2,15,17,18). The van der Waals surface area contributed by atoms with Crippen LogP contribution in [0.15, 0.2) is 10.8 Å². The van der Waals surface area contributed by atoms with Crippen molar-refractivity contribution in [1.82, 2.24) is 29.9 Å². The van der Waals surface area contributed by atoms with Crippen molar-refractivity contribution in [3.8, 4) is 17.2 Å². The molecule has 0 atom stereocenters. The zero-order valence-electron chi connectivity index (χ0n) is 13.1. The second-order valence-corrected chi connectivity index (χ2v) is 5.38. The third-order valence-electron chi connectivity index (χ3n) is 3.30. The van der Waals surface area contributed by atoms with E-state index in [4.69, 9.17) is 19.9 Å². The maximum absolute atomic E-state index is 5.69. The molecular weight excluding hydrogens is 382 g/mol. The van der Waals surface area contributed by atoms with Crippen LogP contribution in [0.1, 0.15) is 5.69 Å². The van der Waals surface area contributed by atoms with Gasteiger partial charge >= 0.3 is 0 Å². The highest BCUT2D eigenvalue weighted by atomic mass is 79.9. The molecule has 0 aliphatic rings. The van der Waals surface area contributed by atoms with Gasteiger partial charge in [-0.2, -0.15) is 4.98 Å². The summed E-state index contributed by atoms with van der Waals surface area (Å²) in [7, 11) is 4.58. The SMILES string of the molecule is COc1cnc(Cn2nnc3c(Br)nc(N)nc32)c(OC)c1OC. The predicted octanol–water partition coefficient (Wildman–Crippen LogP) is 1.04. The molecule has 0 radical (unpaired) electrons. The fourth-order valence-electron chi connectivity index (χ4n) is 2.25. The van der Waals surface area contributed by atoms with E-state index in [0.717, 1.165) is 0 Å². The molecule has 0 spiro atoms. The lowest BCUT2D eigenvalue weighted by Crippen LogP contribution is -2.09. The van der Waals surface area contributed by atoms with Crippen LogP contribution < -0.4 is 19.9 Å². The van der Waals surface area contributed by atoms with Gasteiger partial charge in [0.2, 0.25) is 11.7 Å². The zero-order valence-corrected chi connectivity index (χ0v) is 14.7. The monoisotopic (exact) mass is 395 g/mol. The lowest BCUT2D eigenvalue weighted by molar-refractivity contribution is 0.318. The molecule has 3 heterocycles. The highest BCUT2D eigenvalue weighted by Crippen LogP contribution is 2.38. The van der Waals surface area contributed by atoms with Gasteiger partial charge in [-0.3, -0.25) is 4.98 Å². The minimum absolute atomic E-state index is 0.116. The van der Waals surface area contributed by atoms with Crippen molar-refractivity contribution < 1.29 is 14.2 Å². The van der Waals surface area contributed by atoms with E-state index in [1.54, 1.807) is 10.9 Å². The second-order valence-electron chi connectivity index (χ2n) is 4.63. The van der Waals surface area contributed by atoms with Crippen molar-refractivity contribution in [1.29, 1.82) is 0 Å². The van der Waals surface area contributed by atoms with Gasteiger partial charge in [0.05, 0.1) is 34.1 Å². The van der Waals surface area contributed by atoms with Gasteiger partial charge in [0.1, 0.15) is 10.3 Å². The molecule has 10 nitrogen and oxygen atoms in total. The van der Waals surface area contributed by atoms with Crippen LogP contribution in [0.3, 0.4) is 0 Å². The Morgan fingerprint density at radius 1 is 1.12 bits per heavy atom. The number of rotatable bonds is 5. The Kier molecular flexibility index (Phi) is 4.34. The number of anilines is 1. The molecule has 3 aromatic heterocycles. The number of hydrogen-bond donors (Lipinski definition) is 1. The van der Waals surface area contributed by atoms with E-state index >= 15 is 0 Å². The molecule has 0 saturated carbocycles. The van der Waals surface area contributed by atoms with Crippen LogP contribution in [0.25, 0.3) is 11.2 Å². The van der Waals surface area contributed by atoms with Crippen LogP contribution in [0.4, 0.5) is 5.95 Å². The first-order chi connectivity index (χ1) is 11.6. The Bertz CT molecular complexity index is 899. The third kappa shape index (κ3) is 2.66. The first kappa shape index (κ1) is 16.2. The van der Waals surface area contributed by atoms with E-state index in [9.17, 15) is 0 Å². The molecule has 3 aromatic rings. The normalized spacial score (nSPS) is 10.8. The molecule has 126 valence electrons. The number of nitrogens with two attached hydrogens (primary N) is 1. The average molecular weight is 396 g/mol. The summed E-state index contributed by atoms with van der Waals surface area (Å²) in [4.78, 5) is 12.5. The van der Waals surface area contributed by atoms with Crippen molar-refractivity contribution in [2.75, 3.05) is 27.1 Å². The van der Waals surface area contributed by atoms with Gasteiger partial charge in [-0.1, -0.05) is 5.21 Å². The van der Waals surface area contributed by atoms with E-state index in [2.05, 4.69) is 41.2 Å². The molecule has 0 amide bonds. The Balaban J connectivity index is 2.09. The van der Waals surface area contributed by atoms with Gasteiger partial charge in [0.25, 0.3) is 0 Å². The van der Waals surface area contributed by atoms with Gasteiger partial charge in [-0.15, -0.1) is 5.10 Å². The van der Waals surface area contributed by atoms with Gasteiger partial charge < -0.3 is 19.9 Å². The third-order valence-corrected chi connectivity index (χ3v) is 3.85. The van der Waals surface area contributed by atoms with Crippen molar-refractivity contribution in [2.45, 2.75) is 6.54 Å². The number of ether oxygens (including phenoxy) is 3. The molecule has 0 aromatic carbocycles. The van der Waals surface area contributed by atoms with Gasteiger partial charge in [0.15, 0.2) is 22.7 Å². The highest BCUT2D eigenvalue weighted by Gasteiger charge is 2.20. The second kappa shape index (κ2) is 6.43. The summed E-state index contributed by atoms with van der Waals surface area (Å²) in [5, 5.41) is 8.13. The van der Waals surface area contributed by atoms with Crippen LogP contribution in [-0.4, -0.2) is 51.3 Å². The van der Waals surface area contributed by atoms with Crippen molar-refractivity contribution >= 4 is 33.0 Å². The largest absolute Gasteiger partial charge is 0.491 e. The van der Waals surface area contributed by atoms with E-state index < -0.39 is 0 Å². The number of nitrogen functional groups attached to an aromatic ring is 1. The summed E-state index contributed by atoms with van der Waals surface area (Å²) in [6.07, 6.45) is 1.55. The minimum Gasteiger partial charge on any atom is -0.491 e. The first-order valence-corrected chi connectivity index (χ1v) is 7.54. The van der Waals surface area contributed by atoms with E-state index in [1.807, 2.05) is 0 Å². The molecule has 11 heteroatoms. The van der Waals surface area contributed by atoms with Crippen molar-refractivity contribution in [2.24, 2.45) is 0 Å². The number of nitrogens with zero attached hydrogens (tertiary/aromatic N) is 6. The molecule has 0 saturated heterocycles. The summed E-state index contributed by atoms with van der Waals surface area (Å²) < 4.78 is 18.0. The Hall–Kier alpha value is -2.69. The molecular formula is C13H14BrN7O3. The van der Waals surface area contributed by atoms with E-state index in [-0.39, 0.29) is 12.5 Å². The maximum atomic E-state index is 5.69. The van der Waals surface area contributed by atoms with E-state index in [0.29, 0.717) is 38.7 Å². The Morgan fingerprint density at radius 3 is 2.54 bits per heavy atom. The number of pyridine rings is 1. The smallest absolute Gasteiger partial charge is 0.223 e. The molecule has 0 aliphatic carbocycles. The van der Waals surface area contributed by atoms with E-state index in [1.165, 1.54) is 21.3 Å². The number of methoxy groups -OCH3 is 3. The average Bonchev–Trinajstić information content (AvgIpc) is 2.97. The quantitative estimate of drug-likeness (QED) is 0.630. The van der Waals surface area contributed by atoms with Gasteiger partial charge in [0, 0.05) is 0 Å². The topological polar surface area (TPSA) is 123 Å². The molecule has 0 fully saturated rings. The fraction of sp³-hybridized carbons (Fsp3) is 0.308. The van der Waals surface area contributed by atoms with Crippen LogP contribution >= 0.6 is 15.9 Å². The predicted molar refractivity (Wildman–Crippen MR) is 88.2 cm³/mol. The Morgan fingerprint density at radius 2 is 1.88 bits per heavy atom. The fourth-order valence-corrected chi connectivity index (χ4v) is 2.68. The summed E-state index contributed by atoms with van der Waals surface area (Å²) >= 11 is 3.29. The lowest BCUT2D eigenvalue weighted by atomic mass is 10.3. The van der Waals surface area contributed by atoms with Gasteiger partial charge in [-0.25, -0.2) is 9.67 Å². The van der Waals surface area contributed by atoms with Crippen LogP contribution in [0, 0.1) is 0 Å². The lowest BCUT2D eigenvalue weighted by Gasteiger charge is -2.14. The first-order valence-electron chi connectivity index (χ1n) is 6.75. The number of fused-ring (bicyclic) bond motifs is 1. The summed E-state index contributed by atoms with van der Waals surface area (Å²) in [5.74, 6) is 1.48. The summed E-state index contributed by atoms with van der Waals surface area (Å²) in [6, 6.07) is 0. The Labute approximate surface area is 145 Å². The van der Waals surface area contributed by atoms with Gasteiger partial charge in [-0.05, 0) is 15.9 Å². The maximum Gasteiger partial charge on any atom is 0.223 e. The van der Waals surface area contributed by atoms with Crippen molar-refractivity contribution in [3.63, 3.8) is 0 Å². The molecule has 24 heavy (non-hydrogen) atoms. The summed E-state index contributed by atoms with van der Waals surface area (Å²) in [6.45, 7) is 0.253.